The molecule has 0 saturated heterocycles. The van der Waals surface area contributed by atoms with Gasteiger partial charge in [0.05, 0.1) is 31.9 Å². The molecule has 0 saturated carbocycles. The average molecular weight is 600 g/mol. The van der Waals surface area contributed by atoms with Gasteiger partial charge in [-0.1, -0.05) is 48.0 Å². The number of hydrogen-bond donors (Lipinski definition) is 0. The van der Waals surface area contributed by atoms with Crippen LogP contribution in [0.5, 0.6) is 5.75 Å². The zero-order chi connectivity index (χ0) is 30.8. The van der Waals surface area contributed by atoms with Crippen LogP contribution in [0.3, 0.4) is 0 Å². The Morgan fingerprint density at radius 1 is 0.837 bits per heavy atom. The lowest BCUT2D eigenvalue weighted by molar-refractivity contribution is 0.0589. The van der Waals surface area contributed by atoms with Crippen molar-refractivity contribution in [1.82, 2.24) is 4.98 Å². The monoisotopic (exact) mass is 599 g/mol. The first kappa shape index (κ1) is 29.5. The summed E-state index contributed by atoms with van der Waals surface area (Å²) in [5.74, 6) is -1.02. The molecular formula is C34H27ClFNO6. The fourth-order valence-corrected chi connectivity index (χ4v) is 5.19. The standard InChI is InChI=1S/C34H27ClFNO6/c1-18-20(15-28(36)21-12-13-26(34(39)42-5)30(17-21)40-3)8-6-9-23(18)24-10-7-11-25(19(24)2)32-37-29-16-22(33(38)41-4)14-27(35)31(29)43-32/h6-17H,1-5H3/b28-15-. The Bertz CT molecular complexity index is 1930. The van der Waals surface area contributed by atoms with Crippen molar-refractivity contribution in [2.75, 3.05) is 21.3 Å². The summed E-state index contributed by atoms with van der Waals surface area (Å²) in [5, 5.41) is 0.250. The first-order valence-corrected chi connectivity index (χ1v) is 13.6. The number of fused-ring (bicyclic) bond motifs is 1. The van der Waals surface area contributed by atoms with E-state index in [1.165, 1.54) is 51.7 Å². The van der Waals surface area contributed by atoms with Crippen molar-refractivity contribution < 1.29 is 32.6 Å². The maximum Gasteiger partial charge on any atom is 0.341 e. The summed E-state index contributed by atoms with van der Waals surface area (Å²) in [6, 6.07) is 18.9. The highest BCUT2D eigenvalue weighted by molar-refractivity contribution is 6.35. The first-order chi connectivity index (χ1) is 20.7. The molecule has 5 aromatic rings. The van der Waals surface area contributed by atoms with Crippen LogP contribution in [0, 0.1) is 13.8 Å². The van der Waals surface area contributed by atoms with Crippen molar-refractivity contribution in [3.63, 3.8) is 0 Å². The quantitative estimate of drug-likeness (QED) is 0.137. The minimum atomic E-state index is -0.569. The van der Waals surface area contributed by atoms with E-state index in [0.717, 1.165) is 27.8 Å². The zero-order valence-corrected chi connectivity index (χ0v) is 24.8. The van der Waals surface area contributed by atoms with Gasteiger partial charge in [0.25, 0.3) is 0 Å². The summed E-state index contributed by atoms with van der Waals surface area (Å²) in [4.78, 5) is 28.6. The number of benzene rings is 4. The summed E-state index contributed by atoms with van der Waals surface area (Å²) >= 11 is 6.39. The van der Waals surface area contributed by atoms with E-state index in [4.69, 9.17) is 30.2 Å². The predicted octanol–water partition coefficient (Wildman–Crippen LogP) is 8.48. The normalized spacial score (nSPS) is 11.5. The van der Waals surface area contributed by atoms with Crippen molar-refractivity contribution in [3.05, 3.63) is 105 Å². The van der Waals surface area contributed by atoms with Crippen LogP contribution in [0.2, 0.25) is 5.02 Å². The fraction of sp³-hybridized carbons (Fsp3) is 0.147. The second kappa shape index (κ2) is 12.1. The van der Waals surface area contributed by atoms with Crippen molar-refractivity contribution in [2.45, 2.75) is 13.8 Å². The van der Waals surface area contributed by atoms with Crippen LogP contribution in [0.4, 0.5) is 4.39 Å². The Labute approximate surface area is 252 Å². The van der Waals surface area contributed by atoms with Gasteiger partial charge in [0, 0.05) is 11.1 Å². The van der Waals surface area contributed by atoms with Gasteiger partial charge in [-0.25, -0.2) is 19.0 Å². The SMILES string of the molecule is COC(=O)c1cc(Cl)c2oc(-c3cccc(-c4cccc(/C=C(\F)c5ccc(C(=O)OC)c(OC)c5)c4C)c3C)nc2c1. The smallest absolute Gasteiger partial charge is 0.341 e. The lowest BCUT2D eigenvalue weighted by Gasteiger charge is -2.14. The number of rotatable bonds is 7. The van der Waals surface area contributed by atoms with Gasteiger partial charge in [-0.05, 0) is 78.1 Å². The number of carbonyl (C=O) groups is 2. The van der Waals surface area contributed by atoms with Gasteiger partial charge in [-0.15, -0.1) is 0 Å². The summed E-state index contributed by atoms with van der Waals surface area (Å²) < 4.78 is 36.4. The van der Waals surface area contributed by atoms with E-state index >= 15 is 4.39 Å². The summed E-state index contributed by atoms with van der Waals surface area (Å²) in [7, 11) is 3.98. The van der Waals surface area contributed by atoms with E-state index in [0.29, 0.717) is 22.6 Å². The van der Waals surface area contributed by atoms with Crippen LogP contribution in [0.25, 0.3) is 45.6 Å². The Morgan fingerprint density at radius 3 is 2.21 bits per heavy atom. The van der Waals surface area contributed by atoms with E-state index in [-0.39, 0.29) is 27.5 Å². The molecule has 0 amide bonds. The maximum atomic E-state index is 15.5. The third-order valence-electron chi connectivity index (χ3n) is 7.26. The van der Waals surface area contributed by atoms with Crippen molar-refractivity contribution in [3.8, 4) is 28.3 Å². The molecule has 4 aromatic carbocycles. The number of carbonyl (C=O) groups excluding carboxylic acids is 2. The van der Waals surface area contributed by atoms with E-state index in [2.05, 4.69) is 4.98 Å². The molecule has 5 rings (SSSR count). The van der Waals surface area contributed by atoms with Gasteiger partial charge in [0.15, 0.2) is 5.58 Å². The third kappa shape index (κ3) is 5.61. The van der Waals surface area contributed by atoms with Gasteiger partial charge >= 0.3 is 11.9 Å². The largest absolute Gasteiger partial charge is 0.496 e. The van der Waals surface area contributed by atoms with E-state index in [1.54, 1.807) is 6.07 Å². The van der Waals surface area contributed by atoms with E-state index in [1.807, 2.05) is 50.2 Å². The molecular weight excluding hydrogens is 573 g/mol. The Hall–Kier alpha value is -4.95. The van der Waals surface area contributed by atoms with Gasteiger partial charge in [0.2, 0.25) is 5.89 Å². The van der Waals surface area contributed by atoms with Gasteiger partial charge < -0.3 is 18.6 Å². The minimum Gasteiger partial charge on any atom is -0.496 e. The van der Waals surface area contributed by atoms with Crippen LogP contribution >= 0.6 is 11.6 Å². The lowest BCUT2D eigenvalue weighted by atomic mass is 9.91. The Morgan fingerprint density at radius 2 is 1.51 bits per heavy atom. The number of ether oxygens (including phenoxy) is 3. The van der Waals surface area contributed by atoms with E-state index < -0.39 is 17.8 Å². The Balaban J connectivity index is 1.53. The molecule has 9 heteroatoms. The average Bonchev–Trinajstić information content (AvgIpc) is 3.46. The number of methoxy groups -OCH3 is 3. The number of hydrogen-bond acceptors (Lipinski definition) is 7. The summed E-state index contributed by atoms with van der Waals surface area (Å²) in [5.41, 5.74) is 6.54. The van der Waals surface area contributed by atoms with Crippen LogP contribution in [0.15, 0.2) is 71.1 Å². The maximum absolute atomic E-state index is 15.5. The molecule has 7 nitrogen and oxygen atoms in total. The fourth-order valence-electron chi connectivity index (χ4n) is 4.94. The highest BCUT2D eigenvalue weighted by atomic mass is 35.5. The second-order valence-electron chi connectivity index (χ2n) is 9.71. The van der Waals surface area contributed by atoms with Crippen LogP contribution in [0.1, 0.15) is 43.0 Å². The minimum absolute atomic E-state index is 0.209. The molecule has 1 heterocycles. The molecule has 0 fully saturated rings. The van der Waals surface area contributed by atoms with Gasteiger partial charge in [0.1, 0.15) is 22.7 Å². The number of halogens is 2. The zero-order valence-electron chi connectivity index (χ0n) is 24.1. The molecule has 0 radical (unpaired) electrons. The van der Waals surface area contributed by atoms with E-state index in [9.17, 15) is 9.59 Å². The number of esters is 2. The molecule has 218 valence electrons. The number of nitrogens with zero attached hydrogens (tertiary/aromatic N) is 1. The Kier molecular flexibility index (Phi) is 8.32. The summed E-state index contributed by atoms with van der Waals surface area (Å²) in [6.45, 7) is 3.88. The highest BCUT2D eigenvalue weighted by Gasteiger charge is 2.19. The van der Waals surface area contributed by atoms with Crippen LogP contribution < -0.4 is 4.74 Å². The molecule has 0 aliphatic heterocycles. The van der Waals surface area contributed by atoms with Crippen molar-refractivity contribution >= 4 is 46.5 Å². The van der Waals surface area contributed by atoms with Crippen molar-refractivity contribution in [1.29, 1.82) is 0 Å². The molecule has 0 aliphatic rings. The molecule has 43 heavy (non-hydrogen) atoms. The molecule has 0 bridgehead atoms. The van der Waals surface area contributed by atoms with Gasteiger partial charge in [-0.2, -0.15) is 0 Å². The molecule has 0 N–H and O–H groups in total. The molecule has 0 unspecified atom stereocenters. The lowest BCUT2D eigenvalue weighted by Crippen LogP contribution is -2.04. The second-order valence-corrected chi connectivity index (χ2v) is 10.1. The molecule has 1 aromatic heterocycles. The van der Waals surface area contributed by atoms with Gasteiger partial charge in [-0.3, -0.25) is 0 Å². The molecule has 0 atom stereocenters. The molecule has 0 aliphatic carbocycles. The topological polar surface area (TPSA) is 87.9 Å². The first-order valence-electron chi connectivity index (χ1n) is 13.2. The van der Waals surface area contributed by atoms with Crippen LogP contribution in [-0.2, 0) is 9.47 Å². The summed E-state index contributed by atoms with van der Waals surface area (Å²) in [6.07, 6.45) is 1.45. The highest BCUT2D eigenvalue weighted by Crippen LogP contribution is 2.37. The van der Waals surface area contributed by atoms with Crippen molar-refractivity contribution in [2.24, 2.45) is 0 Å². The van der Waals surface area contributed by atoms with Crippen LogP contribution in [-0.4, -0.2) is 38.3 Å². The third-order valence-corrected chi connectivity index (χ3v) is 7.54. The predicted molar refractivity (Wildman–Crippen MR) is 164 cm³/mol. The molecule has 0 spiro atoms. The number of aromatic nitrogens is 1. The number of oxazole rings is 1.